The van der Waals surface area contributed by atoms with Gasteiger partial charge in [-0.15, -0.1) is 0 Å². The van der Waals surface area contributed by atoms with E-state index in [0.29, 0.717) is 19.7 Å². The Bertz CT molecular complexity index is 624. The zero-order chi connectivity index (χ0) is 18.0. The van der Waals surface area contributed by atoms with Gasteiger partial charge in [-0.05, 0) is 17.5 Å². The van der Waals surface area contributed by atoms with Crippen LogP contribution in [0.3, 0.4) is 0 Å². The van der Waals surface area contributed by atoms with Crippen molar-refractivity contribution in [1.29, 1.82) is 0 Å². The fourth-order valence-corrected chi connectivity index (χ4v) is 3.76. The lowest BCUT2D eigenvalue weighted by Crippen LogP contribution is -2.50. The molecule has 1 N–H and O–H groups in total. The number of hydrogen-bond acceptors (Lipinski definition) is 4. The third-order valence-corrected chi connectivity index (χ3v) is 5.46. The molecule has 6 heteroatoms. The smallest absolute Gasteiger partial charge is 0.307 e. The number of nitrogens with zero attached hydrogens (tertiary/aromatic N) is 2. The average molecular weight is 346 g/mol. The number of ether oxygens (including phenoxy) is 1. The molecule has 1 aliphatic heterocycles. The highest BCUT2D eigenvalue weighted by molar-refractivity contribution is 5.91. The second-order valence-corrected chi connectivity index (χ2v) is 7.44. The van der Waals surface area contributed by atoms with Gasteiger partial charge < -0.3 is 14.7 Å². The first-order chi connectivity index (χ1) is 11.9. The number of piperazine rings is 1. The van der Waals surface area contributed by atoms with E-state index in [1.807, 2.05) is 49.1 Å². The van der Waals surface area contributed by atoms with Crippen LogP contribution in [-0.4, -0.2) is 66.1 Å². The lowest BCUT2D eigenvalue weighted by atomic mass is 10.1. The van der Waals surface area contributed by atoms with Crippen LogP contribution in [0.15, 0.2) is 30.3 Å². The van der Waals surface area contributed by atoms with E-state index < -0.39 is 17.3 Å². The molecule has 0 aromatic heterocycles. The van der Waals surface area contributed by atoms with E-state index in [2.05, 4.69) is 4.90 Å². The van der Waals surface area contributed by atoms with Gasteiger partial charge in [-0.1, -0.05) is 32.0 Å². The van der Waals surface area contributed by atoms with Gasteiger partial charge in [0, 0.05) is 32.7 Å². The zero-order valence-corrected chi connectivity index (χ0v) is 14.9. The van der Waals surface area contributed by atoms with E-state index in [4.69, 9.17) is 4.74 Å². The van der Waals surface area contributed by atoms with Crippen LogP contribution in [0.25, 0.3) is 0 Å². The minimum Gasteiger partial charge on any atom is -0.492 e. The highest BCUT2D eigenvalue weighted by atomic mass is 16.5. The summed E-state index contributed by atoms with van der Waals surface area (Å²) in [5.74, 6) is -0.917. The molecule has 6 nitrogen and oxygen atoms in total. The lowest BCUT2D eigenvalue weighted by Gasteiger charge is -2.35. The van der Waals surface area contributed by atoms with Crippen molar-refractivity contribution in [3.8, 4) is 5.75 Å². The Hall–Kier alpha value is -2.08. The molecule has 25 heavy (non-hydrogen) atoms. The van der Waals surface area contributed by atoms with Crippen molar-refractivity contribution in [3.63, 3.8) is 0 Å². The molecule has 1 aromatic carbocycles. The standard InChI is InChI=1S/C19H26N2O4/c1-19(2)15(16(19)18(23)24)17(22)21-10-8-20(9-11-21)12-13-25-14-6-4-3-5-7-14/h3-7,15-16H,8-13H2,1-2H3,(H,23,24)/t15-,16+/m1/s1. The molecular formula is C19H26N2O4. The van der Waals surface area contributed by atoms with Gasteiger partial charge in [0.25, 0.3) is 0 Å². The first-order valence-corrected chi connectivity index (χ1v) is 8.83. The minimum absolute atomic E-state index is 0.00224. The highest BCUT2D eigenvalue weighted by Gasteiger charge is 2.66. The summed E-state index contributed by atoms with van der Waals surface area (Å²) in [5, 5.41) is 9.25. The van der Waals surface area contributed by atoms with Gasteiger partial charge in [-0.25, -0.2) is 0 Å². The fraction of sp³-hybridized carbons (Fsp3) is 0.579. The van der Waals surface area contributed by atoms with Gasteiger partial charge in [-0.3, -0.25) is 14.5 Å². The highest BCUT2D eigenvalue weighted by Crippen LogP contribution is 2.59. The summed E-state index contributed by atoms with van der Waals surface area (Å²) in [5.41, 5.74) is -0.427. The van der Waals surface area contributed by atoms with Gasteiger partial charge in [0.2, 0.25) is 5.91 Å². The summed E-state index contributed by atoms with van der Waals surface area (Å²) in [7, 11) is 0. The molecule has 2 atom stereocenters. The van der Waals surface area contributed by atoms with Crippen LogP contribution >= 0.6 is 0 Å². The third-order valence-electron chi connectivity index (χ3n) is 5.46. The van der Waals surface area contributed by atoms with Crippen LogP contribution in [0.5, 0.6) is 5.75 Å². The SMILES string of the molecule is CC1(C)[C@H](C(=O)O)[C@@H]1C(=O)N1CCN(CCOc2ccccc2)CC1. The monoisotopic (exact) mass is 346 g/mol. The minimum atomic E-state index is -0.861. The van der Waals surface area contributed by atoms with Gasteiger partial charge in [0.05, 0.1) is 11.8 Å². The summed E-state index contributed by atoms with van der Waals surface area (Å²) in [4.78, 5) is 28.0. The lowest BCUT2D eigenvalue weighted by molar-refractivity contribution is -0.142. The number of carbonyl (C=O) groups is 2. The Morgan fingerprint density at radius 3 is 2.32 bits per heavy atom. The Morgan fingerprint density at radius 2 is 1.76 bits per heavy atom. The number of rotatable bonds is 6. The number of benzene rings is 1. The number of carboxylic acid groups (broad SMARTS) is 1. The normalized spacial score (nSPS) is 25.4. The summed E-state index contributed by atoms with van der Waals surface area (Å²) in [6.07, 6.45) is 0. The molecule has 1 saturated heterocycles. The Balaban J connectivity index is 1.41. The number of para-hydroxylation sites is 1. The number of carboxylic acids is 1. The van der Waals surface area contributed by atoms with Crippen molar-refractivity contribution in [1.82, 2.24) is 9.80 Å². The fourth-order valence-electron chi connectivity index (χ4n) is 3.76. The van der Waals surface area contributed by atoms with Crippen LogP contribution < -0.4 is 4.74 Å². The van der Waals surface area contributed by atoms with E-state index >= 15 is 0 Å². The van der Waals surface area contributed by atoms with Crippen molar-refractivity contribution in [2.75, 3.05) is 39.3 Å². The molecule has 1 saturated carbocycles. The largest absolute Gasteiger partial charge is 0.492 e. The molecule has 1 amide bonds. The van der Waals surface area contributed by atoms with E-state index in [0.717, 1.165) is 25.4 Å². The van der Waals surface area contributed by atoms with Gasteiger partial charge >= 0.3 is 5.97 Å². The van der Waals surface area contributed by atoms with E-state index in [1.165, 1.54) is 0 Å². The van der Waals surface area contributed by atoms with Gasteiger partial charge in [0.1, 0.15) is 12.4 Å². The zero-order valence-electron chi connectivity index (χ0n) is 14.9. The third kappa shape index (κ3) is 3.79. The van der Waals surface area contributed by atoms with E-state index in [-0.39, 0.29) is 11.8 Å². The molecule has 1 aromatic rings. The summed E-state index contributed by atoms with van der Waals surface area (Å²) >= 11 is 0. The topological polar surface area (TPSA) is 70.1 Å². The van der Waals surface area contributed by atoms with Crippen LogP contribution in [-0.2, 0) is 9.59 Å². The predicted molar refractivity (Wildman–Crippen MR) is 93.4 cm³/mol. The molecular weight excluding hydrogens is 320 g/mol. The molecule has 1 heterocycles. The maximum Gasteiger partial charge on any atom is 0.307 e. The molecule has 2 aliphatic rings. The van der Waals surface area contributed by atoms with Gasteiger partial charge in [0.15, 0.2) is 0 Å². The molecule has 136 valence electrons. The number of carbonyl (C=O) groups excluding carboxylic acids is 1. The van der Waals surface area contributed by atoms with E-state index in [9.17, 15) is 14.7 Å². The molecule has 0 spiro atoms. The van der Waals surface area contributed by atoms with Crippen molar-refractivity contribution in [2.45, 2.75) is 13.8 Å². The van der Waals surface area contributed by atoms with Crippen LogP contribution in [0.2, 0.25) is 0 Å². The van der Waals surface area contributed by atoms with Crippen molar-refractivity contribution < 1.29 is 19.4 Å². The first-order valence-electron chi connectivity index (χ1n) is 8.83. The second kappa shape index (κ2) is 7.04. The molecule has 0 bridgehead atoms. The Labute approximate surface area is 148 Å². The van der Waals surface area contributed by atoms with Gasteiger partial charge in [-0.2, -0.15) is 0 Å². The molecule has 2 fully saturated rings. The van der Waals surface area contributed by atoms with Crippen LogP contribution in [0.4, 0.5) is 0 Å². The number of hydrogen-bond donors (Lipinski definition) is 1. The summed E-state index contributed by atoms with van der Waals surface area (Å²) in [6.45, 7) is 8.09. The predicted octanol–water partition coefficient (Wildman–Crippen LogP) is 1.57. The summed E-state index contributed by atoms with van der Waals surface area (Å²) in [6, 6.07) is 9.73. The van der Waals surface area contributed by atoms with Crippen molar-refractivity contribution >= 4 is 11.9 Å². The average Bonchev–Trinajstić information content (AvgIpc) is 3.18. The van der Waals surface area contributed by atoms with E-state index in [1.54, 1.807) is 0 Å². The maximum atomic E-state index is 12.6. The molecule has 0 unspecified atom stereocenters. The number of aliphatic carboxylic acids is 1. The first kappa shape index (κ1) is 17.7. The Kier molecular flexibility index (Phi) is 4.99. The van der Waals surface area contributed by atoms with Crippen molar-refractivity contribution in [3.05, 3.63) is 30.3 Å². The Morgan fingerprint density at radius 1 is 1.12 bits per heavy atom. The maximum absolute atomic E-state index is 12.6. The number of amides is 1. The molecule has 1 aliphatic carbocycles. The summed E-state index contributed by atoms with van der Waals surface area (Å²) < 4.78 is 5.71. The van der Waals surface area contributed by atoms with Crippen LogP contribution in [0, 0.1) is 17.3 Å². The van der Waals surface area contributed by atoms with Crippen LogP contribution in [0.1, 0.15) is 13.8 Å². The van der Waals surface area contributed by atoms with Crippen molar-refractivity contribution in [2.24, 2.45) is 17.3 Å². The molecule has 3 rings (SSSR count). The molecule has 0 radical (unpaired) electrons. The second-order valence-electron chi connectivity index (χ2n) is 7.44. The quantitative estimate of drug-likeness (QED) is 0.847.